The maximum Gasteiger partial charge on any atom is 0.305 e. The molecule has 20 heavy (non-hydrogen) atoms. The minimum Gasteiger partial charge on any atom is -0.481 e. The minimum atomic E-state index is -0.838. The van der Waals surface area contributed by atoms with E-state index in [9.17, 15) is 9.59 Å². The molecule has 0 spiro atoms. The summed E-state index contributed by atoms with van der Waals surface area (Å²) in [6.07, 6.45) is 1.62. The van der Waals surface area contributed by atoms with Gasteiger partial charge in [0.1, 0.15) is 5.69 Å². The second kappa shape index (κ2) is 6.88. The van der Waals surface area contributed by atoms with Crippen molar-refractivity contribution in [3.8, 4) is 0 Å². The number of carbonyl (C=O) groups excluding carboxylic acids is 1. The molecule has 1 amide bonds. The van der Waals surface area contributed by atoms with Crippen molar-refractivity contribution in [1.29, 1.82) is 0 Å². The topological polar surface area (TPSA) is 73.7 Å². The van der Waals surface area contributed by atoms with Gasteiger partial charge in [-0.2, -0.15) is 0 Å². The first kappa shape index (κ1) is 15.9. The van der Waals surface area contributed by atoms with Crippen LogP contribution < -0.4 is 4.90 Å². The summed E-state index contributed by atoms with van der Waals surface area (Å²) in [6, 6.07) is 3.33. The van der Waals surface area contributed by atoms with Crippen molar-refractivity contribution in [3.63, 3.8) is 0 Å². The third-order valence-corrected chi connectivity index (χ3v) is 3.04. The number of carbonyl (C=O) groups is 2. The zero-order valence-corrected chi connectivity index (χ0v) is 12.3. The Morgan fingerprint density at radius 1 is 1.40 bits per heavy atom. The van der Waals surface area contributed by atoms with Crippen LogP contribution in [0.4, 0.5) is 5.69 Å². The van der Waals surface area contributed by atoms with Gasteiger partial charge in [-0.05, 0) is 26.0 Å². The van der Waals surface area contributed by atoms with Crippen LogP contribution in [0.2, 0.25) is 0 Å². The van der Waals surface area contributed by atoms with E-state index in [0.717, 1.165) is 5.69 Å². The molecule has 1 aromatic heterocycles. The Bertz CT molecular complexity index is 488. The second-order valence-electron chi connectivity index (χ2n) is 4.83. The number of aromatic nitrogens is 1. The summed E-state index contributed by atoms with van der Waals surface area (Å²) < 4.78 is 0. The fraction of sp³-hybridized carbons (Fsp3) is 0.500. The maximum absolute atomic E-state index is 11.9. The van der Waals surface area contributed by atoms with Crippen LogP contribution in [-0.2, 0) is 4.79 Å². The van der Waals surface area contributed by atoms with E-state index in [-0.39, 0.29) is 18.4 Å². The maximum atomic E-state index is 11.9. The fourth-order valence-corrected chi connectivity index (χ4v) is 2.06. The molecule has 1 unspecified atom stereocenters. The molecular weight excluding hydrogens is 258 g/mol. The van der Waals surface area contributed by atoms with Crippen molar-refractivity contribution in [3.05, 3.63) is 24.0 Å². The predicted octanol–water partition coefficient (Wildman–Crippen LogP) is 1.47. The summed E-state index contributed by atoms with van der Waals surface area (Å²) >= 11 is 0. The molecule has 0 bridgehead atoms. The van der Waals surface area contributed by atoms with Gasteiger partial charge in [-0.25, -0.2) is 0 Å². The minimum absolute atomic E-state index is 0.0487. The molecule has 110 valence electrons. The number of hydrogen-bond acceptors (Lipinski definition) is 4. The lowest BCUT2D eigenvalue weighted by Crippen LogP contribution is -2.35. The summed E-state index contributed by atoms with van der Waals surface area (Å²) in [5.41, 5.74) is 1.16. The average Bonchev–Trinajstić information content (AvgIpc) is 2.38. The van der Waals surface area contributed by atoms with Gasteiger partial charge in [-0.3, -0.25) is 14.6 Å². The summed E-state index contributed by atoms with van der Waals surface area (Å²) in [5, 5.41) is 8.89. The molecule has 0 radical (unpaired) electrons. The number of anilines is 1. The highest BCUT2D eigenvalue weighted by Gasteiger charge is 2.18. The lowest BCUT2D eigenvalue weighted by molar-refractivity contribution is -0.137. The molecule has 6 heteroatoms. The van der Waals surface area contributed by atoms with Gasteiger partial charge in [0.15, 0.2) is 0 Å². The molecule has 0 saturated carbocycles. The molecule has 1 heterocycles. The Labute approximate surface area is 119 Å². The first-order valence-electron chi connectivity index (χ1n) is 6.53. The molecule has 6 nitrogen and oxygen atoms in total. The average molecular weight is 279 g/mol. The molecule has 0 fully saturated rings. The summed E-state index contributed by atoms with van der Waals surface area (Å²) in [5.74, 6) is -1.01. The third kappa shape index (κ3) is 3.94. The van der Waals surface area contributed by atoms with Gasteiger partial charge in [0.05, 0.1) is 6.42 Å². The standard InChI is InChI=1S/C14H21N3O3/c1-5-17(10(2)8-13(18)19)11-6-7-15-12(9-11)14(20)16(3)4/h6-7,9-10H,5,8H2,1-4H3,(H,18,19). The van der Waals surface area contributed by atoms with Crippen molar-refractivity contribution < 1.29 is 14.7 Å². The number of nitrogens with zero attached hydrogens (tertiary/aromatic N) is 3. The Hall–Kier alpha value is -2.11. The van der Waals surface area contributed by atoms with Crippen LogP contribution in [0, 0.1) is 0 Å². The molecule has 1 atom stereocenters. The van der Waals surface area contributed by atoms with Crippen LogP contribution in [0.25, 0.3) is 0 Å². The van der Waals surface area contributed by atoms with Crippen LogP contribution in [0.1, 0.15) is 30.8 Å². The van der Waals surface area contributed by atoms with Gasteiger partial charge in [-0.1, -0.05) is 0 Å². The highest BCUT2D eigenvalue weighted by molar-refractivity contribution is 5.92. The van der Waals surface area contributed by atoms with Gasteiger partial charge in [0.25, 0.3) is 5.91 Å². The Kier molecular flexibility index (Phi) is 5.49. The summed E-state index contributed by atoms with van der Waals surface area (Å²) in [6.45, 7) is 4.46. The predicted molar refractivity (Wildman–Crippen MR) is 77.0 cm³/mol. The molecule has 1 aromatic rings. The first-order valence-corrected chi connectivity index (χ1v) is 6.53. The van der Waals surface area contributed by atoms with E-state index in [1.807, 2.05) is 18.7 Å². The van der Waals surface area contributed by atoms with Gasteiger partial charge in [-0.15, -0.1) is 0 Å². The molecule has 0 aliphatic rings. The molecule has 0 aliphatic carbocycles. The van der Waals surface area contributed by atoms with Crippen LogP contribution in [0.3, 0.4) is 0 Å². The van der Waals surface area contributed by atoms with E-state index in [1.165, 1.54) is 4.90 Å². The number of aliphatic carboxylic acids is 1. The number of carboxylic acid groups (broad SMARTS) is 1. The van der Waals surface area contributed by atoms with Crippen molar-refractivity contribution in [1.82, 2.24) is 9.88 Å². The van der Waals surface area contributed by atoms with Crippen molar-refractivity contribution in [2.75, 3.05) is 25.5 Å². The largest absolute Gasteiger partial charge is 0.481 e. The van der Waals surface area contributed by atoms with Crippen LogP contribution >= 0.6 is 0 Å². The second-order valence-corrected chi connectivity index (χ2v) is 4.83. The van der Waals surface area contributed by atoms with Gasteiger partial charge >= 0.3 is 5.97 Å². The number of carboxylic acids is 1. The number of rotatable bonds is 6. The zero-order valence-electron chi connectivity index (χ0n) is 12.3. The SMILES string of the molecule is CCN(c1ccnc(C(=O)N(C)C)c1)C(C)CC(=O)O. The van der Waals surface area contributed by atoms with Crippen molar-refractivity contribution in [2.45, 2.75) is 26.3 Å². The number of amides is 1. The Morgan fingerprint density at radius 2 is 2.05 bits per heavy atom. The molecule has 1 rings (SSSR count). The van der Waals surface area contributed by atoms with Gasteiger partial charge < -0.3 is 14.9 Å². The quantitative estimate of drug-likeness (QED) is 0.853. The normalized spacial score (nSPS) is 11.8. The van der Waals surface area contributed by atoms with Gasteiger partial charge in [0.2, 0.25) is 0 Å². The van der Waals surface area contributed by atoms with E-state index >= 15 is 0 Å². The van der Waals surface area contributed by atoms with E-state index in [2.05, 4.69) is 4.98 Å². The van der Waals surface area contributed by atoms with E-state index < -0.39 is 5.97 Å². The smallest absolute Gasteiger partial charge is 0.305 e. The van der Waals surface area contributed by atoms with E-state index in [1.54, 1.807) is 32.4 Å². The lowest BCUT2D eigenvalue weighted by Gasteiger charge is -2.29. The molecule has 0 aliphatic heterocycles. The van der Waals surface area contributed by atoms with Crippen molar-refractivity contribution >= 4 is 17.6 Å². The van der Waals surface area contributed by atoms with Crippen LogP contribution in [-0.4, -0.2) is 53.5 Å². The zero-order chi connectivity index (χ0) is 15.3. The monoisotopic (exact) mass is 279 g/mol. The molecule has 0 aromatic carbocycles. The van der Waals surface area contributed by atoms with E-state index in [4.69, 9.17) is 5.11 Å². The first-order chi connectivity index (χ1) is 9.36. The number of pyridine rings is 1. The van der Waals surface area contributed by atoms with E-state index in [0.29, 0.717) is 12.2 Å². The highest BCUT2D eigenvalue weighted by Crippen LogP contribution is 2.19. The highest BCUT2D eigenvalue weighted by atomic mass is 16.4. The Balaban J connectivity index is 3.01. The molecular formula is C14H21N3O3. The number of hydrogen-bond donors (Lipinski definition) is 1. The lowest BCUT2D eigenvalue weighted by atomic mass is 10.1. The van der Waals surface area contributed by atoms with Crippen LogP contribution in [0.15, 0.2) is 18.3 Å². The van der Waals surface area contributed by atoms with Gasteiger partial charge in [0, 0.05) is 38.6 Å². The molecule has 0 saturated heterocycles. The third-order valence-electron chi connectivity index (χ3n) is 3.04. The van der Waals surface area contributed by atoms with Crippen molar-refractivity contribution in [2.24, 2.45) is 0 Å². The fourth-order valence-electron chi connectivity index (χ4n) is 2.06. The summed E-state index contributed by atoms with van der Waals surface area (Å²) in [7, 11) is 3.34. The van der Waals surface area contributed by atoms with Crippen LogP contribution in [0.5, 0.6) is 0 Å². The summed E-state index contributed by atoms with van der Waals surface area (Å²) in [4.78, 5) is 30.2. The molecule has 1 N–H and O–H groups in total. The Morgan fingerprint density at radius 3 is 2.55 bits per heavy atom.